The summed E-state index contributed by atoms with van der Waals surface area (Å²) in [6.45, 7) is 3.53. The number of nitrogens with zero attached hydrogens (tertiary/aromatic N) is 4. The normalized spacial score (nSPS) is 11.2. The van der Waals surface area contributed by atoms with E-state index >= 15 is 8.78 Å². The van der Waals surface area contributed by atoms with Gasteiger partial charge in [-0.15, -0.1) is 11.3 Å². The highest BCUT2D eigenvalue weighted by Crippen LogP contribution is 2.44. The Kier molecular flexibility index (Phi) is 5.69. The van der Waals surface area contributed by atoms with Gasteiger partial charge in [0.15, 0.2) is 0 Å². The maximum absolute atomic E-state index is 15.0. The zero-order chi connectivity index (χ0) is 24.7. The summed E-state index contributed by atoms with van der Waals surface area (Å²) >= 11 is 1.28. The van der Waals surface area contributed by atoms with E-state index in [1.807, 2.05) is 6.07 Å². The Labute approximate surface area is 200 Å². The van der Waals surface area contributed by atoms with Gasteiger partial charge in [-0.3, -0.25) is 14.6 Å². The molecule has 2 N–H and O–H groups in total. The molecule has 176 valence electrons. The molecule has 0 radical (unpaired) electrons. The topological polar surface area (TPSA) is 88.5 Å². The Hall–Kier alpha value is -4.25. The van der Waals surface area contributed by atoms with Gasteiger partial charge in [-0.05, 0) is 23.6 Å². The Morgan fingerprint density at radius 2 is 1.97 bits per heavy atom. The minimum Gasteiger partial charge on any atom is -0.347 e. The van der Waals surface area contributed by atoms with Crippen molar-refractivity contribution in [3.8, 4) is 33.8 Å². The van der Waals surface area contributed by atoms with E-state index in [0.717, 1.165) is 6.08 Å². The summed E-state index contributed by atoms with van der Waals surface area (Å²) in [6.07, 6.45) is 4.56. The number of hydrogen-bond acceptors (Lipinski definition) is 5. The summed E-state index contributed by atoms with van der Waals surface area (Å²) in [5.74, 6) is -3.49. The fraction of sp³-hybridized carbons (Fsp3) is 0.0833. The van der Waals surface area contributed by atoms with Gasteiger partial charge in [-0.25, -0.2) is 18.2 Å². The molecule has 0 saturated heterocycles. The van der Waals surface area contributed by atoms with Crippen molar-refractivity contribution in [3.05, 3.63) is 77.8 Å². The van der Waals surface area contributed by atoms with Crippen molar-refractivity contribution in [2.75, 3.05) is 0 Å². The Bertz CT molecular complexity index is 1580. The van der Waals surface area contributed by atoms with Gasteiger partial charge in [-0.1, -0.05) is 6.58 Å². The molecule has 4 aromatic heterocycles. The number of nitrogens with one attached hydrogen (secondary N) is 2. The van der Waals surface area contributed by atoms with Gasteiger partial charge in [0.1, 0.15) is 28.8 Å². The van der Waals surface area contributed by atoms with Crippen LogP contribution in [0.25, 0.3) is 43.9 Å². The molecule has 7 nitrogen and oxygen atoms in total. The number of aromatic amines is 1. The van der Waals surface area contributed by atoms with E-state index in [2.05, 4.69) is 27.2 Å². The number of halogens is 3. The first-order valence-electron chi connectivity index (χ1n) is 10.4. The molecule has 5 aromatic rings. The molecule has 11 heteroatoms. The van der Waals surface area contributed by atoms with Crippen LogP contribution < -0.4 is 5.32 Å². The summed E-state index contributed by atoms with van der Waals surface area (Å²) in [6, 6.07) is 4.71. The largest absolute Gasteiger partial charge is 0.347 e. The lowest BCUT2D eigenvalue weighted by Crippen LogP contribution is -2.20. The van der Waals surface area contributed by atoms with Crippen LogP contribution in [0.4, 0.5) is 13.2 Å². The molecule has 0 aliphatic rings. The van der Waals surface area contributed by atoms with Crippen LogP contribution >= 0.6 is 11.3 Å². The highest BCUT2D eigenvalue weighted by atomic mass is 32.1. The van der Waals surface area contributed by atoms with E-state index in [-0.39, 0.29) is 23.7 Å². The number of carbonyl (C=O) groups is 1. The summed E-state index contributed by atoms with van der Waals surface area (Å²) < 4.78 is 45.9. The second kappa shape index (κ2) is 8.84. The van der Waals surface area contributed by atoms with Crippen molar-refractivity contribution in [3.63, 3.8) is 0 Å². The smallest absolute Gasteiger partial charge is 0.243 e. The number of fused-ring (bicyclic) bond motifs is 1. The highest BCUT2D eigenvalue weighted by Gasteiger charge is 2.26. The molecule has 4 heterocycles. The highest BCUT2D eigenvalue weighted by molar-refractivity contribution is 7.18. The third-order valence-electron chi connectivity index (χ3n) is 5.36. The van der Waals surface area contributed by atoms with Crippen LogP contribution in [-0.4, -0.2) is 30.9 Å². The van der Waals surface area contributed by atoms with Crippen LogP contribution in [0.15, 0.2) is 54.7 Å². The molecule has 35 heavy (non-hydrogen) atoms. The van der Waals surface area contributed by atoms with E-state index in [1.165, 1.54) is 11.3 Å². The van der Waals surface area contributed by atoms with Crippen LogP contribution in [0.5, 0.6) is 0 Å². The van der Waals surface area contributed by atoms with E-state index in [1.54, 1.807) is 35.6 Å². The van der Waals surface area contributed by atoms with E-state index in [0.29, 0.717) is 44.9 Å². The Balaban J connectivity index is 1.77. The summed E-state index contributed by atoms with van der Waals surface area (Å²) in [7, 11) is 1.77. The SMILES string of the molecule is C=CC(=O)NCc1cc(-c2nc(-c3cnn(C)c3)c3ccsc3c2-c2c(F)cc(F)cc2F)n[nH]1. The van der Waals surface area contributed by atoms with Gasteiger partial charge < -0.3 is 5.32 Å². The fourth-order valence-corrected chi connectivity index (χ4v) is 4.76. The molecule has 0 spiro atoms. The maximum atomic E-state index is 15.0. The first-order valence-corrected chi connectivity index (χ1v) is 11.2. The fourth-order valence-electron chi connectivity index (χ4n) is 3.81. The monoisotopic (exact) mass is 494 g/mol. The number of pyridine rings is 1. The lowest BCUT2D eigenvalue weighted by atomic mass is 9.97. The molecule has 0 saturated carbocycles. The minimum atomic E-state index is -1.05. The molecule has 0 atom stereocenters. The van der Waals surface area contributed by atoms with Gasteiger partial charge in [0, 0.05) is 46.6 Å². The second-order valence-corrected chi connectivity index (χ2v) is 8.61. The van der Waals surface area contributed by atoms with Gasteiger partial charge in [0.25, 0.3) is 0 Å². The minimum absolute atomic E-state index is 0.128. The van der Waals surface area contributed by atoms with Gasteiger partial charge in [0.2, 0.25) is 5.91 Å². The number of rotatable bonds is 6. The molecule has 1 aromatic carbocycles. The summed E-state index contributed by atoms with van der Waals surface area (Å²) in [5, 5.41) is 16.4. The van der Waals surface area contributed by atoms with E-state index < -0.39 is 23.0 Å². The van der Waals surface area contributed by atoms with Crippen LogP contribution in [0.3, 0.4) is 0 Å². The molecule has 0 aliphatic carbocycles. The standard InChI is InChI=1S/C24H17F3N6OS/c1-3-19(34)28-10-14-8-18(32-31-14)23-21(20-16(26)6-13(25)7-17(20)27)24-15(4-5-35-24)22(30-23)12-9-29-33(2)11-12/h3-9,11H,1,10H2,2H3,(H,28,34)(H,31,32). The van der Waals surface area contributed by atoms with E-state index in [4.69, 9.17) is 4.98 Å². The first kappa shape index (κ1) is 22.5. The van der Waals surface area contributed by atoms with Crippen LogP contribution in [0.2, 0.25) is 0 Å². The van der Waals surface area contributed by atoms with Crippen LogP contribution in [0, 0.1) is 17.5 Å². The zero-order valence-electron chi connectivity index (χ0n) is 18.3. The third-order valence-corrected chi connectivity index (χ3v) is 6.29. The number of H-pyrrole nitrogens is 1. The van der Waals surface area contributed by atoms with Crippen LogP contribution in [-0.2, 0) is 18.4 Å². The van der Waals surface area contributed by atoms with Crippen molar-refractivity contribution in [2.45, 2.75) is 6.54 Å². The summed E-state index contributed by atoms with van der Waals surface area (Å²) in [5.41, 5.74) is 2.05. The maximum Gasteiger partial charge on any atom is 0.243 e. The molecule has 1 amide bonds. The number of aryl methyl sites for hydroxylation is 1. The first-order chi connectivity index (χ1) is 16.9. The molecular formula is C24H17F3N6OS. The predicted molar refractivity (Wildman–Crippen MR) is 127 cm³/mol. The lowest BCUT2D eigenvalue weighted by Gasteiger charge is -2.13. The number of thiophene rings is 1. The van der Waals surface area contributed by atoms with Gasteiger partial charge in [0.05, 0.1) is 29.7 Å². The third kappa shape index (κ3) is 4.10. The summed E-state index contributed by atoms with van der Waals surface area (Å²) in [4.78, 5) is 16.3. The number of carbonyl (C=O) groups excluding carboxylic acids is 1. The van der Waals surface area contributed by atoms with Gasteiger partial charge >= 0.3 is 0 Å². The molecule has 0 unspecified atom stereocenters. The molecule has 5 rings (SSSR count). The predicted octanol–water partition coefficient (Wildman–Crippen LogP) is 4.97. The Morgan fingerprint density at radius 1 is 1.20 bits per heavy atom. The lowest BCUT2D eigenvalue weighted by molar-refractivity contribution is -0.116. The van der Waals surface area contributed by atoms with Crippen molar-refractivity contribution >= 4 is 27.3 Å². The number of aromatic nitrogens is 5. The Morgan fingerprint density at radius 3 is 2.66 bits per heavy atom. The van der Waals surface area contributed by atoms with E-state index in [9.17, 15) is 9.18 Å². The number of benzene rings is 1. The number of amides is 1. The average molecular weight is 495 g/mol. The number of hydrogen-bond donors (Lipinski definition) is 2. The van der Waals surface area contributed by atoms with Crippen molar-refractivity contribution in [1.82, 2.24) is 30.3 Å². The quantitative estimate of drug-likeness (QED) is 0.326. The van der Waals surface area contributed by atoms with Crippen molar-refractivity contribution < 1.29 is 18.0 Å². The zero-order valence-corrected chi connectivity index (χ0v) is 19.1. The van der Waals surface area contributed by atoms with Crippen molar-refractivity contribution in [1.29, 1.82) is 0 Å². The molecular weight excluding hydrogens is 477 g/mol. The average Bonchev–Trinajstić information content (AvgIpc) is 3.57. The second-order valence-electron chi connectivity index (χ2n) is 7.69. The van der Waals surface area contributed by atoms with Crippen LogP contribution in [0.1, 0.15) is 5.69 Å². The molecule has 0 bridgehead atoms. The van der Waals surface area contributed by atoms with Gasteiger partial charge in [-0.2, -0.15) is 10.2 Å². The van der Waals surface area contributed by atoms with Crippen molar-refractivity contribution in [2.24, 2.45) is 7.05 Å². The molecule has 0 fully saturated rings. The molecule has 0 aliphatic heterocycles.